The van der Waals surface area contributed by atoms with Gasteiger partial charge < -0.3 is 15.0 Å². The van der Waals surface area contributed by atoms with Crippen LogP contribution in [0, 0.1) is 0 Å². The molecule has 0 bridgehead atoms. The van der Waals surface area contributed by atoms with Crippen molar-refractivity contribution in [3.05, 3.63) is 29.8 Å². The lowest BCUT2D eigenvalue weighted by Crippen LogP contribution is -2.50. The van der Waals surface area contributed by atoms with Crippen molar-refractivity contribution in [2.75, 3.05) is 26.2 Å². The number of para-hydroxylation sites is 1. The second-order valence-corrected chi connectivity index (χ2v) is 5.53. The number of likely N-dealkylation sites (N-methyl/N-ethyl adjacent to an activating group) is 1. The van der Waals surface area contributed by atoms with E-state index in [4.69, 9.17) is 4.74 Å². The lowest BCUT2D eigenvalue weighted by molar-refractivity contribution is -0.135. The summed E-state index contributed by atoms with van der Waals surface area (Å²) in [6.07, 6.45) is 2.24. The van der Waals surface area contributed by atoms with Crippen LogP contribution in [0.2, 0.25) is 0 Å². The van der Waals surface area contributed by atoms with Gasteiger partial charge in [0.15, 0.2) is 0 Å². The number of carbonyl (C=O) groups excluding carboxylic acids is 1. The number of benzene rings is 1. The summed E-state index contributed by atoms with van der Waals surface area (Å²) in [7, 11) is 0. The van der Waals surface area contributed by atoms with Gasteiger partial charge >= 0.3 is 0 Å². The number of hydrogen-bond acceptors (Lipinski definition) is 3. The molecule has 2 unspecified atom stereocenters. The second kappa shape index (κ2) is 5.83. The topological polar surface area (TPSA) is 41.6 Å². The number of carbonyl (C=O) groups is 1. The molecule has 0 radical (unpaired) electrons. The van der Waals surface area contributed by atoms with Crippen LogP contribution in [0.25, 0.3) is 0 Å². The second-order valence-electron chi connectivity index (χ2n) is 5.53. The van der Waals surface area contributed by atoms with E-state index in [2.05, 4.69) is 12.2 Å². The molecule has 4 heteroatoms. The fourth-order valence-electron chi connectivity index (χ4n) is 3.26. The summed E-state index contributed by atoms with van der Waals surface area (Å²) in [6.45, 7) is 5.29. The van der Waals surface area contributed by atoms with Crippen molar-refractivity contribution in [3.63, 3.8) is 0 Å². The van der Waals surface area contributed by atoms with E-state index >= 15 is 0 Å². The van der Waals surface area contributed by atoms with E-state index in [9.17, 15) is 4.79 Å². The van der Waals surface area contributed by atoms with E-state index in [1.165, 1.54) is 0 Å². The van der Waals surface area contributed by atoms with Crippen molar-refractivity contribution in [3.8, 4) is 5.75 Å². The van der Waals surface area contributed by atoms with Gasteiger partial charge in [0.25, 0.3) is 0 Å². The highest BCUT2D eigenvalue weighted by Gasteiger charge is 2.35. The maximum absolute atomic E-state index is 12.9. The Balaban J connectivity index is 1.77. The minimum absolute atomic E-state index is 0.131. The molecular weight excluding hydrogens is 252 g/mol. The van der Waals surface area contributed by atoms with Gasteiger partial charge in [-0.3, -0.25) is 4.79 Å². The van der Waals surface area contributed by atoms with Crippen LogP contribution in [0.4, 0.5) is 0 Å². The Hall–Kier alpha value is -1.55. The highest BCUT2D eigenvalue weighted by molar-refractivity contribution is 5.85. The molecule has 0 saturated carbocycles. The van der Waals surface area contributed by atoms with Crippen LogP contribution in [0.5, 0.6) is 5.75 Å². The van der Waals surface area contributed by atoms with E-state index in [0.717, 1.165) is 43.8 Å². The molecule has 0 aromatic heterocycles. The summed E-state index contributed by atoms with van der Waals surface area (Å²) in [5.41, 5.74) is 1.04. The van der Waals surface area contributed by atoms with Gasteiger partial charge in [0.2, 0.25) is 5.91 Å². The zero-order chi connectivity index (χ0) is 13.9. The third-order valence-corrected chi connectivity index (χ3v) is 4.33. The zero-order valence-corrected chi connectivity index (χ0v) is 12.0. The Kier molecular flexibility index (Phi) is 3.92. The summed E-state index contributed by atoms with van der Waals surface area (Å²) < 4.78 is 5.65. The third kappa shape index (κ3) is 2.40. The predicted octanol–water partition coefficient (Wildman–Crippen LogP) is 1.76. The largest absolute Gasteiger partial charge is 0.492 e. The minimum atomic E-state index is -0.131. The summed E-state index contributed by atoms with van der Waals surface area (Å²) in [4.78, 5) is 14.9. The first kappa shape index (κ1) is 13.4. The first-order valence-electron chi connectivity index (χ1n) is 7.54. The molecule has 0 spiro atoms. The fourth-order valence-corrected chi connectivity index (χ4v) is 3.26. The van der Waals surface area contributed by atoms with Crippen LogP contribution in [0.3, 0.4) is 0 Å². The monoisotopic (exact) mass is 274 g/mol. The van der Waals surface area contributed by atoms with Gasteiger partial charge in [-0.2, -0.15) is 0 Å². The van der Waals surface area contributed by atoms with Crippen molar-refractivity contribution in [1.82, 2.24) is 10.2 Å². The van der Waals surface area contributed by atoms with Gasteiger partial charge in [-0.1, -0.05) is 18.2 Å². The SMILES string of the molecule is CCN(C(=O)C1COc2ccccc21)C1CCCNC1. The van der Waals surface area contributed by atoms with E-state index in [0.29, 0.717) is 12.6 Å². The van der Waals surface area contributed by atoms with Gasteiger partial charge in [-0.05, 0) is 32.4 Å². The molecule has 1 saturated heterocycles. The van der Waals surface area contributed by atoms with Gasteiger partial charge in [-0.25, -0.2) is 0 Å². The lowest BCUT2D eigenvalue weighted by atomic mass is 9.97. The number of piperidine rings is 1. The number of fused-ring (bicyclic) bond motifs is 1. The molecule has 1 aromatic carbocycles. The number of nitrogens with zero attached hydrogens (tertiary/aromatic N) is 1. The zero-order valence-electron chi connectivity index (χ0n) is 12.0. The minimum Gasteiger partial charge on any atom is -0.492 e. The lowest BCUT2D eigenvalue weighted by Gasteiger charge is -2.35. The molecule has 20 heavy (non-hydrogen) atoms. The van der Waals surface area contributed by atoms with Crippen LogP contribution < -0.4 is 10.1 Å². The Labute approximate surface area is 120 Å². The number of rotatable bonds is 3. The number of amides is 1. The maximum Gasteiger partial charge on any atom is 0.234 e. The van der Waals surface area contributed by atoms with E-state index in [1.54, 1.807) is 0 Å². The molecule has 3 rings (SSSR count). The average molecular weight is 274 g/mol. The van der Waals surface area contributed by atoms with Crippen molar-refractivity contribution < 1.29 is 9.53 Å². The average Bonchev–Trinajstić information content (AvgIpc) is 2.93. The van der Waals surface area contributed by atoms with Gasteiger partial charge in [0, 0.05) is 24.7 Å². The van der Waals surface area contributed by atoms with Gasteiger partial charge in [0.1, 0.15) is 18.3 Å². The van der Waals surface area contributed by atoms with Crippen LogP contribution in [-0.2, 0) is 4.79 Å². The highest BCUT2D eigenvalue weighted by atomic mass is 16.5. The van der Waals surface area contributed by atoms with Crippen LogP contribution in [-0.4, -0.2) is 43.1 Å². The van der Waals surface area contributed by atoms with Crippen molar-refractivity contribution in [2.24, 2.45) is 0 Å². The Morgan fingerprint density at radius 3 is 3.05 bits per heavy atom. The molecule has 2 heterocycles. The van der Waals surface area contributed by atoms with E-state index in [-0.39, 0.29) is 11.8 Å². The van der Waals surface area contributed by atoms with E-state index in [1.807, 2.05) is 29.2 Å². The molecule has 1 fully saturated rings. The van der Waals surface area contributed by atoms with Gasteiger partial charge in [0.05, 0.1) is 0 Å². The summed E-state index contributed by atoms with van der Waals surface area (Å²) in [5.74, 6) is 0.947. The third-order valence-electron chi connectivity index (χ3n) is 4.33. The molecule has 0 aliphatic carbocycles. The normalized spacial score (nSPS) is 24.9. The number of ether oxygens (including phenoxy) is 1. The van der Waals surface area contributed by atoms with Crippen molar-refractivity contribution >= 4 is 5.91 Å². The van der Waals surface area contributed by atoms with Crippen LogP contribution >= 0.6 is 0 Å². The molecule has 1 aromatic rings. The highest BCUT2D eigenvalue weighted by Crippen LogP contribution is 2.35. The summed E-state index contributed by atoms with van der Waals surface area (Å²) in [5, 5.41) is 3.39. The van der Waals surface area contributed by atoms with Crippen molar-refractivity contribution in [1.29, 1.82) is 0 Å². The Morgan fingerprint density at radius 1 is 1.45 bits per heavy atom. The summed E-state index contributed by atoms with van der Waals surface area (Å²) >= 11 is 0. The molecule has 2 aliphatic heterocycles. The Morgan fingerprint density at radius 2 is 2.30 bits per heavy atom. The van der Waals surface area contributed by atoms with Crippen molar-refractivity contribution in [2.45, 2.75) is 31.7 Å². The molecule has 2 atom stereocenters. The molecule has 1 N–H and O–H groups in total. The molecule has 4 nitrogen and oxygen atoms in total. The maximum atomic E-state index is 12.9. The molecule has 108 valence electrons. The fraction of sp³-hybridized carbons (Fsp3) is 0.562. The molecular formula is C16H22N2O2. The molecule has 1 amide bonds. The van der Waals surface area contributed by atoms with Crippen LogP contribution in [0.15, 0.2) is 24.3 Å². The quantitative estimate of drug-likeness (QED) is 0.913. The molecule has 2 aliphatic rings. The number of nitrogens with one attached hydrogen (secondary N) is 1. The summed E-state index contributed by atoms with van der Waals surface area (Å²) in [6, 6.07) is 8.22. The standard InChI is InChI=1S/C16H22N2O2/c1-2-18(12-6-5-9-17-10-12)16(19)14-11-20-15-8-4-3-7-13(14)15/h3-4,7-8,12,14,17H,2,5-6,9-11H2,1H3. The number of hydrogen-bond donors (Lipinski definition) is 1. The predicted molar refractivity (Wildman–Crippen MR) is 78.0 cm³/mol. The first-order valence-corrected chi connectivity index (χ1v) is 7.54. The van der Waals surface area contributed by atoms with Crippen LogP contribution in [0.1, 0.15) is 31.2 Å². The first-order chi connectivity index (χ1) is 9.81. The Bertz CT molecular complexity index is 483. The smallest absolute Gasteiger partial charge is 0.234 e. The van der Waals surface area contributed by atoms with Gasteiger partial charge in [-0.15, -0.1) is 0 Å². The van der Waals surface area contributed by atoms with E-state index < -0.39 is 0 Å².